The molecule has 0 radical (unpaired) electrons. The Kier molecular flexibility index (Phi) is 4.16. The van der Waals surface area contributed by atoms with Gasteiger partial charge in [-0.3, -0.25) is 0 Å². The van der Waals surface area contributed by atoms with E-state index in [0.29, 0.717) is 24.7 Å². The molecule has 17 heavy (non-hydrogen) atoms. The van der Waals surface area contributed by atoms with E-state index in [2.05, 4.69) is 10.9 Å². The molecule has 1 unspecified atom stereocenters. The Balaban J connectivity index is 3.10. The maximum atomic E-state index is 11.6. The molecule has 2 N–H and O–H groups in total. The molecule has 0 aliphatic rings. The first kappa shape index (κ1) is 13.1. The lowest BCUT2D eigenvalue weighted by molar-refractivity contribution is 0.0521. The van der Waals surface area contributed by atoms with Crippen LogP contribution in [0.3, 0.4) is 0 Å². The van der Waals surface area contributed by atoms with E-state index in [0.717, 1.165) is 0 Å². The molecule has 0 spiro atoms. The third-order valence-corrected chi connectivity index (χ3v) is 2.45. The number of esters is 1. The highest BCUT2D eigenvalue weighted by molar-refractivity contribution is 5.92. The molecule has 0 aliphatic heterocycles. The van der Waals surface area contributed by atoms with Gasteiger partial charge in [0.05, 0.1) is 6.61 Å². The lowest BCUT2D eigenvalue weighted by atomic mass is 10.2. The number of terminal acetylenes is 1. The van der Waals surface area contributed by atoms with Gasteiger partial charge in [0.1, 0.15) is 11.6 Å². The number of aromatic nitrogens is 2. The number of carbonyl (C=O) groups is 1. The van der Waals surface area contributed by atoms with Crippen molar-refractivity contribution in [1.29, 1.82) is 0 Å². The fourth-order valence-electron chi connectivity index (χ4n) is 1.73. The van der Waals surface area contributed by atoms with Gasteiger partial charge in [-0.1, -0.05) is 0 Å². The Morgan fingerprint density at radius 3 is 2.88 bits per heavy atom. The molecule has 1 rings (SSSR count). The van der Waals surface area contributed by atoms with E-state index >= 15 is 0 Å². The maximum Gasteiger partial charge on any atom is 0.360 e. The molecule has 1 aromatic rings. The van der Waals surface area contributed by atoms with Crippen LogP contribution in [-0.2, 0) is 4.74 Å². The number of hydrogen-bond acceptors (Lipinski definition) is 4. The van der Waals surface area contributed by atoms with Crippen LogP contribution >= 0.6 is 0 Å². The van der Waals surface area contributed by atoms with E-state index in [1.165, 1.54) is 0 Å². The summed E-state index contributed by atoms with van der Waals surface area (Å²) in [6, 6.07) is 0.00989. The van der Waals surface area contributed by atoms with Crippen molar-refractivity contribution in [3.63, 3.8) is 0 Å². The van der Waals surface area contributed by atoms with E-state index in [1.54, 1.807) is 18.4 Å². The SMILES string of the molecule is C#CCC(C)n1c(C)nc(C(=O)OCC)c1N. The van der Waals surface area contributed by atoms with Crippen LogP contribution in [-0.4, -0.2) is 22.1 Å². The highest BCUT2D eigenvalue weighted by atomic mass is 16.5. The predicted octanol–water partition coefficient (Wildman–Crippen LogP) is 1.53. The predicted molar refractivity (Wildman–Crippen MR) is 65.5 cm³/mol. The zero-order valence-electron chi connectivity index (χ0n) is 10.4. The van der Waals surface area contributed by atoms with Gasteiger partial charge in [0.25, 0.3) is 0 Å². The number of ether oxygens (including phenoxy) is 1. The Bertz CT molecular complexity index is 457. The molecule has 0 saturated carbocycles. The van der Waals surface area contributed by atoms with Gasteiger partial charge in [0.15, 0.2) is 5.69 Å². The van der Waals surface area contributed by atoms with Gasteiger partial charge >= 0.3 is 5.97 Å². The average molecular weight is 235 g/mol. The lowest BCUT2D eigenvalue weighted by Crippen LogP contribution is -2.12. The average Bonchev–Trinajstić information content (AvgIpc) is 2.55. The smallest absolute Gasteiger partial charge is 0.360 e. The Hall–Kier alpha value is -1.96. The van der Waals surface area contributed by atoms with Gasteiger partial charge in [-0.15, -0.1) is 12.3 Å². The fraction of sp³-hybridized carbons (Fsp3) is 0.500. The molecule has 0 amide bonds. The van der Waals surface area contributed by atoms with Gasteiger partial charge < -0.3 is 15.0 Å². The summed E-state index contributed by atoms with van der Waals surface area (Å²) in [5.74, 6) is 3.03. The minimum atomic E-state index is -0.500. The van der Waals surface area contributed by atoms with E-state index in [1.807, 2.05) is 6.92 Å². The van der Waals surface area contributed by atoms with Gasteiger partial charge in [-0.2, -0.15) is 0 Å². The quantitative estimate of drug-likeness (QED) is 0.634. The third-order valence-electron chi connectivity index (χ3n) is 2.45. The Morgan fingerprint density at radius 1 is 1.71 bits per heavy atom. The zero-order valence-corrected chi connectivity index (χ0v) is 10.4. The van der Waals surface area contributed by atoms with Crippen LogP contribution in [0.5, 0.6) is 0 Å². The molecule has 92 valence electrons. The van der Waals surface area contributed by atoms with E-state index < -0.39 is 5.97 Å². The van der Waals surface area contributed by atoms with Crippen LogP contribution in [0, 0.1) is 19.3 Å². The summed E-state index contributed by atoms with van der Waals surface area (Å²) in [7, 11) is 0. The summed E-state index contributed by atoms with van der Waals surface area (Å²) in [5, 5.41) is 0. The van der Waals surface area contributed by atoms with Gasteiger partial charge in [-0.25, -0.2) is 9.78 Å². The summed E-state index contributed by atoms with van der Waals surface area (Å²) in [6.45, 7) is 5.74. The number of nitrogen functional groups attached to an aromatic ring is 1. The zero-order chi connectivity index (χ0) is 13.0. The Morgan fingerprint density at radius 2 is 2.35 bits per heavy atom. The van der Waals surface area contributed by atoms with Crippen molar-refractivity contribution in [3.05, 3.63) is 11.5 Å². The number of imidazole rings is 1. The van der Waals surface area contributed by atoms with Crippen molar-refractivity contribution in [2.24, 2.45) is 0 Å². The summed E-state index contributed by atoms with van der Waals surface area (Å²) in [4.78, 5) is 15.7. The second-order valence-electron chi connectivity index (χ2n) is 3.74. The van der Waals surface area contributed by atoms with Gasteiger partial charge in [0.2, 0.25) is 0 Å². The Labute approximate surface area is 101 Å². The first-order chi connectivity index (χ1) is 8.02. The number of aryl methyl sites for hydroxylation is 1. The first-order valence-electron chi connectivity index (χ1n) is 5.47. The molecule has 1 heterocycles. The topological polar surface area (TPSA) is 70.1 Å². The summed E-state index contributed by atoms with van der Waals surface area (Å²) >= 11 is 0. The van der Waals surface area contributed by atoms with E-state index in [9.17, 15) is 4.79 Å². The van der Waals surface area contributed by atoms with Crippen molar-refractivity contribution in [1.82, 2.24) is 9.55 Å². The first-order valence-corrected chi connectivity index (χ1v) is 5.47. The van der Waals surface area contributed by atoms with Crippen LogP contribution in [0.1, 0.15) is 42.6 Å². The van der Waals surface area contributed by atoms with E-state index in [-0.39, 0.29) is 11.7 Å². The van der Waals surface area contributed by atoms with Crippen LogP contribution in [0.4, 0.5) is 5.82 Å². The number of hydrogen-bond donors (Lipinski definition) is 1. The largest absolute Gasteiger partial charge is 0.461 e. The standard InChI is InChI=1S/C12H17N3O2/c1-5-7-8(3)15-9(4)14-10(11(15)13)12(16)17-6-2/h1,8H,6-7,13H2,2-4H3. The molecule has 0 aliphatic carbocycles. The third kappa shape index (κ3) is 2.59. The van der Waals surface area contributed by atoms with Crippen molar-refractivity contribution in [2.45, 2.75) is 33.2 Å². The molecular weight excluding hydrogens is 218 g/mol. The van der Waals surface area contributed by atoms with Crippen molar-refractivity contribution in [3.8, 4) is 12.3 Å². The molecular formula is C12H17N3O2. The number of nitrogens with two attached hydrogens (primary N) is 1. The molecule has 1 atom stereocenters. The second kappa shape index (κ2) is 5.39. The van der Waals surface area contributed by atoms with Gasteiger partial charge in [-0.05, 0) is 20.8 Å². The monoisotopic (exact) mass is 235 g/mol. The molecule has 5 heteroatoms. The molecule has 5 nitrogen and oxygen atoms in total. The minimum Gasteiger partial charge on any atom is -0.461 e. The van der Waals surface area contributed by atoms with Crippen molar-refractivity contribution in [2.75, 3.05) is 12.3 Å². The second-order valence-corrected chi connectivity index (χ2v) is 3.74. The number of rotatable bonds is 4. The van der Waals surface area contributed by atoms with Crippen molar-refractivity contribution >= 4 is 11.8 Å². The summed E-state index contributed by atoms with van der Waals surface area (Å²) < 4.78 is 6.64. The van der Waals surface area contributed by atoms with Gasteiger partial charge in [0, 0.05) is 12.5 Å². The molecule has 1 aromatic heterocycles. The van der Waals surface area contributed by atoms with E-state index in [4.69, 9.17) is 16.9 Å². The van der Waals surface area contributed by atoms with Crippen LogP contribution in [0.2, 0.25) is 0 Å². The highest BCUT2D eigenvalue weighted by Gasteiger charge is 2.21. The minimum absolute atomic E-state index is 0.00989. The maximum absolute atomic E-state index is 11.6. The molecule has 0 fully saturated rings. The molecule has 0 aromatic carbocycles. The van der Waals surface area contributed by atoms with Crippen LogP contribution in [0.25, 0.3) is 0 Å². The summed E-state index contributed by atoms with van der Waals surface area (Å²) in [5.41, 5.74) is 6.06. The lowest BCUT2D eigenvalue weighted by Gasteiger charge is -2.13. The number of carbonyl (C=O) groups excluding carboxylic acids is 1. The fourth-order valence-corrected chi connectivity index (χ4v) is 1.73. The molecule has 0 saturated heterocycles. The molecule has 0 bridgehead atoms. The number of anilines is 1. The normalized spacial score (nSPS) is 11.9. The highest BCUT2D eigenvalue weighted by Crippen LogP contribution is 2.22. The van der Waals surface area contributed by atoms with Crippen LogP contribution < -0.4 is 5.73 Å². The summed E-state index contributed by atoms with van der Waals surface area (Å²) in [6.07, 6.45) is 5.80. The van der Waals surface area contributed by atoms with Crippen LogP contribution in [0.15, 0.2) is 0 Å². The number of nitrogens with zero attached hydrogens (tertiary/aromatic N) is 2. The van der Waals surface area contributed by atoms with Crippen molar-refractivity contribution < 1.29 is 9.53 Å².